The van der Waals surface area contributed by atoms with Crippen LogP contribution in [0.4, 0.5) is 5.82 Å². The van der Waals surface area contributed by atoms with Crippen molar-refractivity contribution in [3.05, 3.63) is 35.4 Å². The van der Waals surface area contributed by atoms with Gasteiger partial charge in [0.2, 0.25) is 0 Å². The third-order valence-electron chi connectivity index (χ3n) is 6.04. The van der Waals surface area contributed by atoms with Gasteiger partial charge in [-0.2, -0.15) is 0 Å². The molecule has 2 aromatic heterocycles. The van der Waals surface area contributed by atoms with Crippen molar-refractivity contribution in [2.75, 3.05) is 25.1 Å². The molecule has 2 fully saturated rings. The molecule has 156 valence electrons. The average molecular weight is 416 g/mol. The molecule has 29 heavy (non-hydrogen) atoms. The first-order valence-corrected chi connectivity index (χ1v) is 11.1. The van der Waals surface area contributed by atoms with Crippen molar-refractivity contribution in [2.45, 2.75) is 51.0 Å². The third kappa shape index (κ3) is 5.65. The van der Waals surface area contributed by atoms with Gasteiger partial charge in [0.05, 0.1) is 29.7 Å². The number of nitrogens with one attached hydrogen (secondary N) is 1. The molecule has 6 nitrogen and oxygen atoms in total. The van der Waals surface area contributed by atoms with Gasteiger partial charge >= 0.3 is 0 Å². The Morgan fingerprint density at radius 1 is 1.10 bits per heavy atom. The normalized spacial score (nSPS) is 25.0. The Kier molecular flexibility index (Phi) is 6.95. The summed E-state index contributed by atoms with van der Waals surface area (Å²) in [5, 5.41) is 4.01. The van der Waals surface area contributed by atoms with E-state index in [2.05, 4.69) is 21.4 Å². The van der Waals surface area contributed by atoms with E-state index in [-0.39, 0.29) is 0 Å². The first kappa shape index (κ1) is 20.5. The van der Waals surface area contributed by atoms with Crippen molar-refractivity contribution < 1.29 is 4.74 Å². The molecule has 3 N–H and O–H groups in total. The van der Waals surface area contributed by atoms with E-state index in [1.54, 1.807) is 18.6 Å². The van der Waals surface area contributed by atoms with Crippen molar-refractivity contribution in [3.8, 4) is 11.3 Å². The number of halogens is 1. The molecule has 1 aliphatic heterocycles. The van der Waals surface area contributed by atoms with Crippen molar-refractivity contribution in [1.29, 1.82) is 0 Å². The fourth-order valence-electron chi connectivity index (χ4n) is 4.28. The molecule has 0 radical (unpaired) electrons. The van der Waals surface area contributed by atoms with Gasteiger partial charge in [-0.05, 0) is 62.8 Å². The zero-order chi connectivity index (χ0) is 20.1. The largest absolute Gasteiger partial charge is 0.381 e. The molecule has 4 rings (SSSR count). The third-order valence-corrected chi connectivity index (χ3v) is 6.34. The summed E-state index contributed by atoms with van der Waals surface area (Å²) in [6.07, 6.45) is 13.1. The number of aromatic nitrogens is 3. The van der Waals surface area contributed by atoms with Gasteiger partial charge in [-0.25, -0.2) is 4.98 Å². The number of hydrogen-bond donors (Lipinski definition) is 2. The lowest BCUT2D eigenvalue weighted by atomic mass is 9.83. The number of nitrogens with two attached hydrogens (primary N) is 1. The maximum absolute atomic E-state index is 6.46. The molecule has 2 aromatic rings. The van der Waals surface area contributed by atoms with Crippen LogP contribution in [-0.4, -0.2) is 40.8 Å². The van der Waals surface area contributed by atoms with Gasteiger partial charge in [0.15, 0.2) is 0 Å². The lowest BCUT2D eigenvalue weighted by Crippen LogP contribution is -2.27. The van der Waals surface area contributed by atoms with Gasteiger partial charge in [-0.1, -0.05) is 11.6 Å². The molecular formula is C22H30ClN5O. The monoisotopic (exact) mass is 415 g/mol. The van der Waals surface area contributed by atoms with E-state index in [1.807, 2.05) is 0 Å². The smallest absolute Gasteiger partial charge is 0.145 e. The van der Waals surface area contributed by atoms with Gasteiger partial charge in [0.1, 0.15) is 5.82 Å². The van der Waals surface area contributed by atoms with Crippen molar-refractivity contribution in [3.63, 3.8) is 0 Å². The van der Waals surface area contributed by atoms with Crippen LogP contribution in [0.2, 0.25) is 5.02 Å². The van der Waals surface area contributed by atoms with E-state index < -0.39 is 0 Å². The number of anilines is 1. The Labute approximate surface area is 177 Å². The molecule has 0 unspecified atom stereocenters. The standard InChI is InChI=1S/C22H30ClN5O/c23-20-11-26-18(8-15-3-5-17(24)6-4-15)9-19(20)21-12-25-13-22(28-21)27-10-16-2-1-7-29-14-16/h9,11-13,15-17H,1-8,10,14,24H2,(H,27,28)/t15?,16-,17?/m1/s1. The van der Waals surface area contributed by atoms with E-state index in [4.69, 9.17) is 27.1 Å². The van der Waals surface area contributed by atoms with Gasteiger partial charge < -0.3 is 15.8 Å². The molecule has 3 heterocycles. The number of pyridine rings is 1. The van der Waals surface area contributed by atoms with Crippen LogP contribution in [0.3, 0.4) is 0 Å². The van der Waals surface area contributed by atoms with Crippen LogP contribution in [0.1, 0.15) is 44.2 Å². The highest BCUT2D eigenvalue weighted by Crippen LogP contribution is 2.30. The molecule has 1 saturated carbocycles. The molecule has 1 saturated heterocycles. The second-order valence-electron chi connectivity index (χ2n) is 8.39. The molecule has 0 spiro atoms. The Hall–Kier alpha value is -1.76. The first-order valence-electron chi connectivity index (χ1n) is 10.7. The highest BCUT2D eigenvalue weighted by molar-refractivity contribution is 6.33. The predicted molar refractivity (Wildman–Crippen MR) is 116 cm³/mol. The molecule has 7 heteroatoms. The maximum atomic E-state index is 6.46. The molecule has 2 aliphatic rings. The number of hydrogen-bond acceptors (Lipinski definition) is 6. The van der Waals surface area contributed by atoms with Gasteiger partial charge in [-0.3, -0.25) is 9.97 Å². The fourth-order valence-corrected chi connectivity index (χ4v) is 4.48. The zero-order valence-electron chi connectivity index (χ0n) is 16.8. The van der Waals surface area contributed by atoms with Crippen LogP contribution in [0, 0.1) is 11.8 Å². The summed E-state index contributed by atoms with van der Waals surface area (Å²) >= 11 is 6.46. The predicted octanol–water partition coefficient (Wildman–Crippen LogP) is 4.09. The molecule has 1 aliphatic carbocycles. The maximum Gasteiger partial charge on any atom is 0.145 e. The fraction of sp³-hybridized carbons (Fsp3) is 0.591. The minimum absolute atomic E-state index is 0.366. The molecular weight excluding hydrogens is 386 g/mol. The summed E-state index contributed by atoms with van der Waals surface area (Å²) in [6, 6.07) is 2.44. The quantitative estimate of drug-likeness (QED) is 0.738. The highest BCUT2D eigenvalue weighted by atomic mass is 35.5. The first-order chi connectivity index (χ1) is 14.2. The van der Waals surface area contributed by atoms with E-state index in [1.165, 1.54) is 19.3 Å². The summed E-state index contributed by atoms with van der Waals surface area (Å²) < 4.78 is 5.55. The second-order valence-corrected chi connectivity index (χ2v) is 8.80. The second kappa shape index (κ2) is 9.83. The summed E-state index contributed by atoms with van der Waals surface area (Å²) in [6.45, 7) is 2.53. The van der Waals surface area contributed by atoms with Crippen molar-refractivity contribution in [1.82, 2.24) is 15.0 Å². The van der Waals surface area contributed by atoms with Gasteiger partial charge in [-0.15, -0.1) is 0 Å². The number of rotatable bonds is 6. The average Bonchev–Trinajstić information content (AvgIpc) is 2.76. The van der Waals surface area contributed by atoms with E-state index >= 15 is 0 Å². The highest BCUT2D eigenvalue weighted by Gasteiger charge is 2.20. The number of ether oxygens (including phenoxy) is 1. The molecule has 0 amide bonds. The number of nitrogens with zero attached hydrogens (tertiary/aromatic N) is 3. The van der Waals surface area contributed by atoms with Crippen molar-refractivity contribution in [2.24, 2.45) is 17.6 Å². The molecule has 1 atom stereocenters. The minimum atomic E-state index is 0.366. The minimum Gasteiger partial charge on any atom is -0.381 e. The molecule has 0 aromatic carbocycles. The molecule has 0 bridgehead atoms. The topological polar surface area (TPSA) is 86.0 Å². The van der Waals surface area contributed by atoms with Crippen LogP contribution in [0.25, 0.3) is 11.3 Å². The summed E-state index contributed by atoms with van der Waals surface area (Å²) in [7, 11) is 0. The Morgan fingerprint density at radius 3 is 2.76 bits per heavy atom. The SMILES string of the molecule is NC1CCC(Cc2cc(-c3cncc(NC[C@H]4CCCOC4)n3)c(Cl)cn2)CC1. The zero-order valence-corrected chi connectivity index (χ0v) is 17.6. The van der Waals surface area contributed by atoms with Crippen LogP contribution in [-0.2, 0) is 11.2 Å². The van der Waals surface area contributed by atoms with Crippen LogP contribution in [0.5, 0.6) is 0 Å². The summed E-state index contributed by atoms with van der Waals surface area (Å²) in [5.74, 6) is 1.94. The Morgan fingerprint density at radius 2 is 1.97 bits per heavy atom. The van der Waals surface area contributed by atoms with Crippen molar-refractivity contribution >= 4 is 17.4 Å². The van der Waals surface area contributed by atoms with Crippen LogP contribution < -0.4 is 11.1 Å². The van der Waals surface area contributed by atoms with E-state index in [0.29, 0.717) is 22.9 Å². The summed E-state index contributed by atoms with van der Waals surface area (Å²) in [4.78, 5) is 13.7. The Bertz CT molecular complexity index is 804. The van der Waals surface area contributed by atoms with E-state index in [9.17, 15) is 0 Å². The van der Waals surface area contributed by atoms with Crippen LogP contribution >= 0.6 is 11.6 Å². The van der Waals surface area contributed by atoms with Crippen LogP contribution in [0.15, 0.2) is 24.7 Å². The van der Waals surface area contributed by atoms with Gasteiger partial charge in [0, 0.05) is 36.6 Å². The summed E-state index contributed by atoms with van der Waals surface area (Å²) in [5.41, 5.74) is 8.76. The van der Waals surface area contributed by atoms with E-state index in [0.717, 1.165) is 68.2 Å². The lowest BCUT2D eigenvalue weighted by molar-refractivity contribution is 0.0595. The Balaban J connectivity index is 1.44. The lowest BCUT2D eigenvalue weighted by Gasteiger charge is -2.25. The van der Waals surface area contributed by atoms with Gasteiger partial charge in [0.25, 0.3) is 0 Å².